The molecule has 0 aromatic rings. The third-order valence-corrected chi connectivity index (χ3v) is 1.70. The first kappa shape index (κ1) is 8.69. The molecule has 0 bridgehead atoms. The normalized spacial score (nSPS) is 15.2. The highest BCUT2D eigenvalue weighted by atomic mass is 79.9. The predicted octanol–water partition coefficient (Wildman–Crippen LogP) is 1.80. The standard InChI is InChI=1S/C6H9BrO2/c1-4(5(2)7)3-6(8)9/h3,5H,1-2H3,(H,8,9)/b4-3+. The van der Waals surface area contributed by atoms with E-state index in [4.69, 9.17) is 5.11 Å². The Labute approximate surface area is 62.7 Å². The lowest BCUT2D eigenvalue weighted by Crippen LogP contribution is -1.96. The van der Waals surface area contributed by atoms with Crippen LogP contribution in [0.4, 0.5) is 0 Å². The minimum Gasteiger partial charge on any atom is -0.478 e. The molecule has 0 radical (unpaired) electrons. The Morgan fingerprint density at radius 1 is 1.78 bits per heavy atom. The Hall–Kier alpha value is -0.310. The van der Waals surface area contributed by atoms with Crippen LogP contribution in [0.3, 0.4) is 0 Å². The SMILES string of the molecule is C/C(=C\C(=O)O)C(C)Br. The summed E-state index contributed by atoms with van der Waals surface area (Å²) in [5.74, 6) is -0.890. The van der Waals surface area contributed by atoms with Crippen LogP contribution in [0.15, 0.2) is 11.6 Å². The van der Waals surface area contributed by atoms with Crippen LogP contribution in [-0.4, -0.2) is 15.9 Å². The number of carboxylic acids is 1. The second kappa shape index (κ2) is 3.67. The maximum atomic E-state index is 10.0. The lowest BCUT2D eigenvalue weighted by molar-refractivity contribution is -0.131. The van der Waals surface area contributed by atoms with Crippen LogP contribution >= 0.6 is 15.9 Å². The molecule has 0 saturated carbocycles. The van der Waals surface area contributed by atoms with E-state index in [2.05, 4.69) is 15.9 Å². The molecule has 0 saturated heterocycles. The molecular weight excluding hydrogens is 184 g/mol. The molecule has 1 unspecified atom stereocenters. The fourth-order valence-electron chi connectivity index (χ4n) is 0.310. The minimum atomic E-state index is -0.890. The number of aliphatic carboxylic acids is 1. The van der Waals surface area contributed by atoms with Crippen molar-refractivity contribution in [2.24, 2.45) is 0 Å². The van der Waals surface area contributed by atoms with Gasteiger partial charge >= 0.3 is 5.97 Å². The number of allylic oxidation sites excluding steroid dienone is 1. The molecule has 52 valence electrons. The van der Waals surface area contributed by atoms with Crippen LogP contribution in [0, 0.1) is 0 Å². The number of alkyl halides is 1. The van der Waals surface area contributed by atoms with E-state index in [0.717, 1.165) is 5.57 Å². The van der Waals surface area contributed by atoms with Crippen LogP contribution in [0.2, 0.25) is 0 Å². The molecule has 0 aliphatic heterocycles. The van der Waals surface area contributed by atoms with E-state index in [0.29, 0.717) is 0 Å². The van der Waals surface area contributed by atoms with Gasteiger partial charge in [-0.1, -0.05) is 21.5 Å². The zero-order chi connectivity index (χ0) is 7.44. The summed E-state index contributed by atoms with van der Waals surface area (Å²) >= 11 is 3.24. The van der Waals surface area contributed by atoms with Gasteiger partial charge in [-0.25, -0.2) is 4.79 Å². The molecule has 0 spiro atoms. The average molecular weight is 193 g/mol. The zero-order valence-electron chi connectivity index (χ0n) is 5.39. The lowest BCUT2D eigenvalue weighted by Gasteiger charge is -1.98. The summed E-state index contributed by atoms with van der Waals surface area (Å²) in [5.41, 5.74) is 0.822. The quantitative estimate of drug-likeness (QED) is 0.536. The summed E-state index contributed by atoms with van der Waals surface area (Å²) in [6.07, 6.45) is 1.19. The Morgan fingerprint density at radius 2 is 2.22 bits per heavy atom. The van der Waals surface area contributed by atoms with Gasteiger partial charge in [0.15, 0.2) is 0 Å². The van der Waals surface area contributed by atoms with Crippen molar-refractivity contribution in [3.05, 3.63) is 11.6 Å². The predicted molar refractivity (Wildman–Crippen MR) is 39.8 cm³/mol. The third-order valence-electron chi connectivity index (χ3n) is 0.979. The number of carbonyl (C=O) groups is 1. The van der Waals surface area contributed by atoms with E-state index in [1.807, 2.05) is 6.92 Å². The Morgan fingerprint density at radius 3 is 2.33 bits per heavy atom. The van der Waals surface area contributed by atoms with Crippen molar-refractivity contribution < 1.29 is 9.90 Å². The highest BCUT2D eigenvalue weighted by Crippen LogP contribution is 2.09. The molecule has 0 aromatic heterocycles. The number of rotatable bonds is 2. The van der Waals surface area contributed by atoms with Gasteiger partial charge in [-0.15, -0.1) is 0 Å². The second-order valence-corrected chi connectivity index (χ2v) is 3.22. The van der Waals surface area contributed by atoms with Crippen LogP contribution in [-0.2, 0) is 4.79 Å². The van der Waals surface area contributed by atoms with Crippen molar-refractivity contribution >= 4 is 21.9 Å². The summed E-state index contributed by atoms with van der Waals surface area (Å²) < 4.78 is 0. The van der Waals surface area contributed by atoms with Crippen molar-refractivity contribution in [3.63, 3.8) is 0 Å². The summed E-state index contributed by atoms with van der Waals surface area (Å²) in [6, 6.07) is 0. The molecule has 0 rings (SSSR count). The summed E-state index contributed by atoms with van der Waals surface area (Å²) in [6.45, 7) is 3.66. The molecule has 1 atom stereocenters. The highest BCUT2D eigenvalue weighted by molar-refractivity contribution is 9.09. The van der Waals surface area contributed by atoms with Crippen LogP contribution in [0.25, 0.3) is 0 Å². The first-order chi connectivity index (χ1) is 4.04. The number of hydrogen-bond acceptors (Lipinski definition) is 1. The van der Waals surface area contributed by atoms with Gasteiger partial charge in [0.05, 0.1) is 0 Å². The monoisotopic (exact) mass is 192 g/mol. The number of halogens is 1. The zero-order valence-corrected chi connectivity index (χ0v) is 6.97. The maximum Gasteiger partial charge on any atom is 0.328 e. The van der Waals surface area contributed by atoms with E-state index < -0.39 is 5.97 Å². The van der Waals surface area contributed by atoms with E-state index >= 15 is 0 Å². The molecule has 0 aliphatic rings. The van der Waals surface area contributed by atoms with E-state index in [9.17, 15) is 4.79 Å². The maximum absolute atomic E-state index is 10.0. The lowest BCUT2D eigenvalue weighted by atomic mass is 10.2. The smallest absolute Gasteiger partial charge is 0.328 e. The largest absolute Gasteiger partial charge is 0.478 e. The summed E-state index contributed by atoms with van der Waals surface area (Å²) in [4.78, 5) is 10.2. The van der Waals surface area contributed by atoms with Crippen molar-refractivity contribution in [2.75, 3.05) is 0 Å². The fraction of sp³-hybridized carbons (Fsp3) is 0.500. The van der Waals surface area contributed by atoms with Gasteiger partial charge in [0.25, 0.3) is 0 Å². The molecule has 0 fully saturated rings. The molecule has 0 heterocycles. The van der Waals surface area contributed by atoms with E-state index in [1.165, 1.54) is 6.08 Å². The fourth-order valence-corrected chi connectivity index (χ4v) is 0.442. The van der Waals surface area contributed by atoms with Crippen LogP contribution in [0.5, 0.6) is 0 Å². The summed E-state index contributed by atoms with van der Waals surface area (Å²) in [5, 5.41) is 8.24. The van der Waals surface area contributed by atoms with E-state index in [1.54, 1.807) is 6.92 Å². The molecule has 0 amide bonds. The van der Waals surface area contributed by atoms with Gasteiger partial charge in [-0.3, -0.25) is 0 Å². The van der Waals surface area contributed by atoms with E-state index in [-0.39, 0.29) is 4.83 Å². The van der Waals surface area contributed by atoms with Gasteiger partial charge in [-0.05, 0) is 13.8 Å². The first-order valence-electron chi connectivity index (χ1n) is 2.59. The Balaban J connectivity index is 4.00. The van der Waals surface area contributed by atoms with Gasteiger partial charge in [0.2, 0.25) is 0 Å². The second-order valence-electron chi connectivity index (χ2n) is 1.84. The molecule has 2 nitrogen and oxygen atoms in total. The number of hydrogen-bond donors (Lipinski definition) is 1. The van der Waals surface area contributed by atoms with Crippen molar-refractivity contribution in [3.8, 4) is 0 Å². The Kier molecular flexibility index (Phi) is 3.54. The van der Waals surface area contributed by atoms with Crippen molar-refractivity contribution in [2.45, 2.75) is 18.7 Å². The van der Waals surface area contributed by atoms with Gasteiger partial charge in [0.1, 0.15) is 0 Å². The Bertz CT molecular complexity index is 138. The summed E-state index contributed by atoms with van der Waals surface area (Å²) in [7, 11) is 0. The number of carboxylic acid groups (broad SMARTS) is 1. The molecular formula is C6H9BrO2. The minimum absolute atomic E-state index is 0.147. The first-order valence-corrected chi connectivity index (χ1v) is 3.51. The average Bonchev–Trinajstić information content (AvgIpc) is 1.63. The topological polar surface area (TPSA) is 37.3 Å². The third kappa shape index (κ3) is 4.21. The molecule has 9 heavy (non-hydrogen) atoms. The van der Waals surface area contributed by atoms with Gasteiger partial charge < -0.3 is 5.11 Å². The van der Waals surface area contributed by atoms with Gasteiger partial charge in [0, 0.05) is 10.9 Å². The van der Waals surface area contributed by atoms with Crippen molar-refractivity contribution in [1.29, 1.82) is 0 Å². The molecule has 0 aliphatic carbocycles. The van der Waals surface area contributed by atoms with Crippen LogP contribution in [0.1, 0.15) is 13.8 Å². The van der Waals surface area contributed by atoms with Crippen molar-refractivity contribution in [1.82, 2.24) is 0 Å². The highest BCUT2D eigenvalue weighted by Gasteiger charge is 1.99. The van der Waals surface area contributed by atoms with Crippen LogP contribution < -0.4 is 0 Å². The molecule has 1 N–H and O–H groups in total. The molecule has 0 aromatic carbocycles. The molecule has 3 heteroatoms. The van der Waals surface area contributed by atoms with Gasteiger partial charge in [-0.2, -0.15) is 0 Å².